The summed E-state index contributed by atoms with van der Waals surface area (Å²) in [5.74, 6) is -0.0813. The number of benzene rings is 1. The van der Waals surface area contributed by atoms with Crippen molar-refractivity contribution in [1.29, 1.82) is 0 Å². The molecule has 0 spiro atoms. The number of carbonyl (C=O) groups excluding carboxylic acids is 2. The molecule has 9 heteroatoms. The fourth-order valence-corrected chi connectivity index (χ4v) is 4.54. The van der Waals surface area contributed by atoms with Crippen molar-refractivity contribution < 1.29 is 14.3 Å². The quantitative estimate of drug-likeness (QED) is 0.486. The number of hydrogen-bond donors (Lipinski definition) is 0. The van der Waals surface area contributed by atoms with Gasteiger partial charge in [-0.1, -0.05) is 42.5 Å². The van der Waals surface area contributed by atoms with Gasteiger partial charge < -0.3 is 14.5 Å². The normalized spacial score (nSPS) is 17.3. The molecule has 4 rings (SSSR count). The Balaban J connectivity index is 1.25. The molecule has 0 aliphatic carbocycles. The molecule has 37 heavy (non-hydrogen) atoms. The molecule has 0 N–H and O–H groups in total. The molecule has 0 atom stereocenters. The van der Waals surface area contributed by atoms with Gasteiger partial charge in [0.15, 0.2) is 0 Å². The van der Waals surface area contributed by atoms with Crippen LogP contribution in [0, 0.1) is 6.92 Å². The first-order chi connectivity index (χ1) is 18.1. The van der Waals surface area contributed by atoms with E-state index in [0.717, 1.165) is 45.0 Å². The summed E-state index contributed by atoms with van der Waals surface area (Å²) in [5.41, 5.74) is 2.28. The predicted molar refractivity (Wildman–Crippen MR) is 143 cm³/mol. The van der Waals surface area contributed by atoms with Crippen LogP contribution >= 0.6 is 0 Å². The summed E-state index contributed by atoms with van der Waals surface area (Å²) >= 11 is 0. The van der Waals surface area contributed by atoms with E-state index in [-0.39, 0.29) is 11.8 Å². The number of rotatable bonds is 10. The first-order valence-electron chi connectivity index (χ1n) is 13.2. The molecule has 3 heterocycles. The highest BCUT2D eigenvalue weighted by Crippen LogP contribution is 2.09. The summed E-state index contributed by atoms with van der Waals surface area (Å²) in [4.78, 5) is 43.0. The van der Waals surface area contributed by atoms with Crippen LogP contribution in [-0.4, -0.2) is 120 Å². The van der Waals surface area contributed by atoms with Gasteiger partial charge >= 0.3 is 0 Å². The monoisotopic (exact) mass is 506 g/mol. The lowest BCUT2D eigenvalue weighted by atomic mass is 10.2. The van der Waals surface area contributed by atoms with Crippen molar-refractivity contribution in [2.45, 2.75) is 13.3 Å². The second kappa shape index (κ2) is 14.0. The number of ether oxygens (including phenoxy) is 1. The summed E-state index contributed by atoms with van der Waals surface area (Å²) in [5, 5.41) is 0. The van der Waals surface area contributed by atoms with Crippen LogP contribution in [0.25, 0.3) is 6.08 Å². The molecular formula is C28H38N6O3. The Morgan fingerprint density at radius 3 is 2.41 bits per heavy atom. The van der Waals surface area contributed by atoms with E-state index in [4.69, 9.17) is 4.74 Å². The minimum Gasteiger partial charge on any atom is -0.379 e. The van der Waals surface area contributed by atoms with Gasteiger partial charge in [0.25, 0.3) is 5.91 Å². The van der Waals surface area contributed by atoms with Crippen LogP contribution in [0.1, 0.15) is 28.2 Å². The fraction of sp³-hybridized carbons (Fsp3) is 0.500. The van der Waals surface area contributed by atoms with Crippen LogP contribution in [-0.2, 0) is 9.53 Å². The van der Waals surface area contributed by atoms with Crippen molar-refractivity contribution in [2.75, 3.05) is 78.7 Å². The van der Waals surface area contributed by atoms with E-state index in [1.807, 2.05) is 30.0 Å². The number of aryl methyl sites for hydroxylation is 1. The molecular weight excluding hydrogens is 468 g/mol. The van der Waals surface area contributed by atoms with Crippen LogP contribution in [0.5, 0.6) is 0 Å². The fourth-order valence-electron chi connectivity index (χ4n) is 4.54. The number of hydrogen-bond acceptors (Lipinski definition) is 7. The Bertz CT molecular complexity index is 1020. The zero-order chi connectivity index (χ0) is 25.9. The van der Waals surface area contributed by atoms with Gasteiger partial charge in [-0.05, 0) is 12.5 Å². The van der Waals surface area contributed by atoms with Crippen molar-refractivity contribution in [3.63, 3.8) is 0 Å². The molecule has 2 aliphatic heterocycles. The van der Waals surface area contributed by atoms with Crippen molar-refractivity contribution >= 4 is 17.9 Å². The molecule has 2 saturated heterocycles. The number of aromatic nitrogens is 2. The Labute approximate surface area is 219 Å². The smallest absolute Gasteiger partial charge is 0.274 e. The predicted octanol–water partition coefficient (Wildman–Crippen LogP) is 1.81. The van der Waals surface area contributed by atoms with Crippen molar-refractivity contribution in [3.05, 3.63) is 65.8 Å². The zero-order valence-electron chi connectivity index (χ0n) is 21.8. The molecule has 1 aromatic carbocycles. The van der Waals surface area contributed by atoms with Crippen LogP contribution in [0.2, 0.25) is 0 Å². The van der Waals surface area contributed by atoms with E-state index in [9.17, 15) is 9.59 Å². The maximum atomic E-state index is 13.2. The zero-order valence-corrected chi connectivity index (χ0v) is 21.8. The van der Waals surface area contributed by atoms with E-state index in [1.54, 1.807) is 11.1 Å². The van der Waals surface area contributed by atoms with Crippen LogP contribution in [0.3, 0.4) is 0 Å². The summed E-state index contributed by atoms with van der Waals surface area (Å²) in [7, 11) is 0. The van der Waals surface area contributed by atoms with Gasteiger partial charge in [0.2, 0.25) is 5.91 Å². The highest BCUT2D eigenvalue weighted by Gasteiger charge is 2.24. The average molecular weight is 507 g/mol. The third-order valence-corrected chi connectivity index (χ3v) is 6.87. The average Bonchev–Trinajstić information content (AvgIpc) is 2.94. The van der Waals surface area contributed by atoms with Crippen molar-refractivity contribution in [1.82, 2.24) is 29.6 Å². The van der Waals surface area contributed by atoms with Gasteiger partial charge in [-0.3, -0.25) is 24.4 Å². The van der Waals surface area contributed by atoms with Crippen LogP contribution in [0.15, 0.2) is 48.8 Å². The maximum Gasteiger partial charge on any atom is 0.274 e. The molecule has 0 saturated carbocycles. The SMILES string of the molecule is Cc1cnc(C(=O)N(CCC(=O)N2CCN(CC=Cc3ccccc3)CC2)CCN2CCOCC2)cn1. The van der Waals surface area contributed by atoms with E-state index in [0.29, 0.717) is 51.5 Å². The number of carbonyl (C=O) groups is 2. The molecule has 0 radical (unpaired) electrons. The van der Waals surface area contributed by atoms with Crippen LogP contribution in [0.4, 0.5) is 0 Å². The first kappa shape index (κ1) is 26.9. The van der Waals surface area contributed by atoms with Gasteiger partial charge in [0.1, 0.15) is 5.69 Å². The minimum atomic E-state index is -0.177. The van der Waals surface area contributed by atoms with E-state index < -0.39 is 0 Å². The van der Waals surface area contributed by atoms with Crippen molar-refractivity contribution in [3.8, 4) is 0 Å². The lowest BCUT2D eigenvalue weighted by Gasteiger charge is -2.35. The van der Waals surface area contributed by atoms with Gasteiger partial charge in [-0.15, -0.1) is 0 Å². The number of amides is 2. The van der Waals surface area contributed by atoms with E-state index in [1.165, 1.54) is 11.8 Å². The molecule has 0 unspecified atom stereocenters. The minimum absolute atomic E-state index is 0.0960. The molecule has 0 bridgehead atoms. The van der Waals surface area contributed by atoms with E-state index >= 15 is 0 Å². The summed E-state index contributed by atoms with van der Waals surface area (Å²) < 4.78 is 5.43. The third kappa shape index (κ3) is 8.45. The second-order valence-electron chi connectivity index (χ2n) is 9.53. The second-order valence-corrected chi connectivity index (χ2v) is 9.53. The van der Waals surface area contributed by atoms with Gasteiger partial charge in [0, 0.05) is 78.1 Å². The van der Waals surface area contributed by atoms with Gasteiger partial charge in [-0.25, -0.2) is 4.98 Å². The van der Waals surface area contributed by atoms with Crippen LogP contribution < -0.4 is 0 Å². The summed E-state index contributed by atoms with van der Waals surface area (Å²) in [6.07, 6.45) is 7.75. The molecule has 198 valence electrons. The molecule has 2 fully saturated rings. The highest BCUT2D eigenvalue weighted by molar-refractivity contribution is 5.92. The molecule has 2 aromatic rings. The topological polar surface area (TPSA) is 82.1 Å². The number of piperazine rings is 1. The lowest BCUT2D eigenvalue weighted by molar-refractivity contribution is -0.133. The largest absolute Gasteiger partial charge is 0.379 e. The Morgan fingerprint density at radius 2 is 1.70 bits per heavy atom. The first-order valence-corrected chi connectivity index (χ1v) is 13.2. The maximum absolute atomic E-state index is 13.2. The molecule has 9 nitrogen and oxygen atoms in total. The van der Waals surface area contributed by atoms with Crippen molar-refractivity contribution in [2.24, 2.45) is 0 Å². The van der Waals surface area contributed by atoms with E-state index in [2.05, 4.69) is 44.1 Å². The lowest BCUT2D eigenvalue weighted by Crippen LogP contribution is -2.49. The Morgan fingerprint density at radius 1 is 0.946 bits per heavy atom. The molecule has 2 aliphatic rings. The Kier molecular flexibility index (Phi) is 10.2. The molecule has 2 amide bonds. The Hall–Kier alpha value is -3.14. The summed E-state index contributed by atoms with van der Waals surface area (Å²) in [6, 6.07) is 10.3. The third-order valence-electron chi connectivity index (χ3n) is 6.87. The van der Waals surface area contributed by atoms with Gasteiger partial charge in [0.05, 0.1) is 25.1 Å². The highest BCUT2D eigenvalue weighted by atomic mass is 16.5. The summed E-state index contributed by atoms with van der Waals surface area (Å²) in [6.45, 7) is 10.6. The van der Waals surface area contributed by atoms with Gasteiger partial charge in [-0.2, -0.15) is 0 Å². The standard InChI is InChI=1S/C28H38N6O3/c1-24-22-30-26(23-29-24)28(36)34(17-14-32-18-20-37-21-19-32)11-9-27(35)33-15-12-31(13-16-33)10-5-8-25-6-3-2-4-7-25/h2-8,22-23H,9-21H2,1H3. The number of morpholine rings is 1. The number of nitrogens with zero attached hydrogens (tertiary/aromatic N) is 6. The molecule has 1 aromatic heterocycles.